The number of β-amino-alcohol motifs (C(OH)–C–C–N with tert-alkyl or cyclic N) is 1. The number of rotatable bonds is 14. The molecular weight excluding hydrogens is 962 g/mol. The van der Waals surface area contributed by atoms with Crippen molar-refractivity contribution < 1.29 is 28.8 Å². The number of likely N-dealkylation sites (tertiary alicyclic amines) is 2. The zero-order valence-electron chi connectivity index (χ0n) is 41.1. The van der Waals surface area contributed by atoms with Gasteiger partial charge in [0.1, 0.15) is 46.2 Å². The number of halogens is 1. The normalized spacial score (nSPS) is 20.4. The van der Waals surface area contributed by atoms with Gasteiger partial charge in [-0.25, -0.2) is 19.9 Å². The van der Waals surface area contributed by atoms with Crippen LogP contribution in [0.25, 0.3) is 10.4 Å². The standard InChI is InChI=1S/C51H64ClN11O6S2/c1-30(2)44(40-22-31(3)59-69-40)50(67)63-28-36(64)24-38(63)48(65)57-25-35-7-6-34(46-32(4)58-29-70-46)23-39(35)68-37-11-18-62(19-12-37)49(66)33-9-16-61(17-10-33)47-45(52)41(8-15-54-47)71-43-27-55-42(26-56-43)60-20-13-51(5,53)14-21-60/h6-8,15,22-23,26-27,29-30,33,36-38,44,64H,9-14,16-21,24-25,28,53H2,1-5H3,(H,57,65)/t36-,38+,44+/m1/s1. The number of hydrogen-bond acceptors (Lipinski definition) is 16. The van der Waals surface area contributed by atoms with Crippen molar-refractivity contribution in [3.8, 4) is 16.2 Å². The van der Waals surface area contributed by atoms with Gasteiger partial charge >= 0.3 is 0 Å². The van der Waals surface area contributed by atoms with E-state index in [0.717, 1.165) is 63.4 Å². The average Bonchev–Trinajstić information content (AvgIpc) is 4.11. The van der Waals surface area contributed by atoms with Crippen molar-refractivity contribution in [3.63, 3.8) is 0 Å². The van der Waals surface area contributed by atoms with Gasteiger partial charge in [-0.3, -0.25) is 14.4 Å². The summed E-state index contributed by atoms with van der Waals surface area (Å²) >= 11 is 10.0. The van der Waals surface area contributed by atoms with Crippen molar-refractivity contribution >= 4 is 64.1 Å². The molecule has 0 unspecified atom stereocenters. The van der Waals surface area contributed by atoms with Crippen molar-refractivity contribution in [2.75, 3.05) is 55.6 Å². The number of hydrogen-bond donors (Lipinski definition) is 3. The summed E-state index contributed by atoms with van der Waals surface area (Å²) in [4.78, 5) is 70.2. The molecule has 0 saturated carbocycles. The molecule has 3 atom stereocenters. The van der Waals surface area contributed by atoms with Crippen LogP contribution in [0.3, 0.4) is 0 Å². The number of aliphatic hydroxyl groups excluding tert-OH is 1. The highest BCUT2D eigenvalue weighted by atomic mass is 35.5. The fraction of sp³-hybridized carbons (Fsp3) is 0.529. The fourth-order valence-corrected chi connectivity index (χ4v) is 12.0. The first-order chi connectivity index (χ1) is 34.1. The quantitative estimate of drug-likeness (QED) is 0.102. The number of carbonyl (C=O) groups excluding carboxylic acids is 3. The van der Waals surface area contributed by atoms with Gasteiger partial charge < -0.3 is 45.0 Å². The van der Waals surface area contributed by atoms with Crippen LogP contribution in [0.4, 0.5) is 11.6 Å². The van der Waals surface area contributed by atoms with E-state index in [1.54, 1.807) is 36.7 Å². The van der Waals surface area contributed by atoms with E-state index in [9.17, 15) is 19.5 Å². The Labute approximate surface area is 428 Å². The maximum Gasteiger partial charge on any atom is 0.243 e. The van der Waals surface area contributed by atoms with Crippen LogP contribution in [0.5, 0.6) is 5.75 Å². The van der Waals surface area contributed by atoms with E-state index >= 15 is 0 Å². The van der Waals surface area contributed by atoms with Gasteiger partial charge in [-0.1, -0.05) is 54.5 Å². The summed E-state index contributed by atoms with van der Waals surface area (Å²) in [5.41, 5.74) is 11.3. The maximum atomic E-state index is 14.0. The molecule has 8 heterocycles. The lowest BCUT2D eigenvalue weighted by molar-refractivity contribution is -0.141. The molecule has 4 aliphatic heterocycles. The molecule has 4 aromatic heterocycles. The van der Waals surface area contributed by atoms with Crippen LogP contribution < -0.4 is 25.6 Å². The minimum Gasteiger partial charge on any atom is -0.490 e. The summed E-state index contributed by atoms with van der Waals surface area (Å²) in [5, 5.41) is 19.1. The van der Waals surface area contributed by atoms with Gasteiger partial charge in [-0.15, -0.1) is 11.3 Å². The number of aryl methyl sites for hydroxylation is 2. The third kappa shape index (κ3) is 11.6. The molecule has 4 saturated heterocycles. The lowest BCUT2D eigenvalue weighted by atomic mass is 9.91. The van der Waals surface area contributed by atoms with Gasteiger partial charge in [0.25, 0.3) is 0 Å². The maximum absolute atomic E-state index is 14.0. The molecule has 0 radical (unpaired) electrons. The largest absolute Gasteiger partial charge is 0.490 e. The van der Waals surface area contributed by atoms with Crippen LogP contribution >= 0.6 is 34.7 Å². The Kier molecular flexibility index (Phi) is 15.5. The van der Waals surface area contributed by atoms with Crippen LogP contribution in [-0.2, 0) is 20.9 Å². The number of pyridine rings is 1. The highest BCUT2D eigenvalue weighted by Gasteiger charge is 2.43. The summed E-state index contributed by atoms with van der Waals surface area (Å²) in [6, 6.07) is 8.75. The molecular formula is C51H64ClN11O6S2. The van der Waals surface area contributed by atoms with E-state index in [2.05, 4.69) is 42.1 Å². The van der Waals surface area contributed by atoms with Gasteiger partial charge in [-0.05, 0) is 70.1 Å². The summed E-state index contributed by atoms with van der Waals surface area (Å²) in [7, 11) is 0. The number of thiazole rings is 1. The second-order valence-electron chi connectivity index (χ2n) is 20.1. The zero-order valence-corrected chi connectivity index (χ0v) is 43.4. The SMILES string of the molecule is Cc1cc([C@@H](C(=O)N2C[C@H](O)C[C@H]2C(=O)NCc2ccc(-c3scnc3C)cc2OC2CCN(C(=O)C3CCN(c4nccc(Sc5cnc(N6CCC(C)(N)CC6)cn5)c4Cl)CC3)CC2)C(C)C)on1. The molecule has 5 aromatic rings. The van der Waals surface area contributed by atoms with Crippen LogP contribution in [0.2, 0.25) is 5.02 Å². The first-order valence-electron chi connectivity index (χ1n) is 24.7. The van der Waals surface area contributed by atoms with E-state index in [4.69, 9.17) is 31.6 Å². The van der Waals surface area contributed by atoms with E-state index in [1.807, 2.05) is 61.6 Å². The molecule has 0 spiro atoms. The smallest absolute Gasteiger partial charge is 0.243 e. The number of ether oxygens (including phenoxy) is 1. The van der Waals surface area contributed by atoms with Gasteiger partial charge in [0.05, 0.1) is 45.3 Å². The molecule has 0 bridgehead atoms. The Balaban J connectivity index is 0.790. The number of amides is 3. The van der Waals surface area contributed by atoms with E-state index < -0.39 is 18.1 Å². The molecule has 17 nitrogen and oxygen atoms in total. The van der Waals surface area contributed by atoms with Crippen molar-refractivity contribution in [2.24, 2.45) is 17.6 Å². The lowest BCUT2D eigenvalue weighted by Gasteiger charge is -2.38. The molecule has 1 aromatic carbocycles. The van der Waals surface area contributed by atoms with Crippen LogP contribution in [0.15, 0.2) is 68.9 Å². The van der Waals surface area contributed by atoms with Crippen molar-refractivity contribution in [3.05, 3.63) is 82.2 Å². The van der Waals surface area contributed by atoms with Gasteiger partial charge in [0.15, 0.2) is 0 Å². The molecule has 3 amide bonds. The zero-order chi connectivity index (χ0) is 50.0. The average molecular weight is 1030 g/mol. The number of nitrogens with one attached hydrogen (secondary N) is 1. The predicted molar refractivity (Wildman–Crippen MR) is 274 cm³/mol. The van der Waals surface area contributed by atoms with Crippen LogP contribution in [0.1, 0.15) is 94.3 Å². The Morgan fingerprint density at radius 2 is 1.75 bits per heavy atom. The highest BCUT2D eigenvalue weighted by molar-refractivity contribution is 7.99. The van der Waals surface area contributed by atoms with Gasteiger partial charge in [-0.2, -0.15) is 0 Å². The Morgan fingerprint density at radius 1 is 0.986 bits per heavy atom. The Morgan fingerprint density at radius 3 is 2.41 bits per heavy atom. The van der Waals surface area contributed by atoms with E-state index in [1.165, 1.54) is 16.7 Å². The van der Waals surface area contributed by atoms with Crippen molar-refractivity contribution in [1.82, 2.24) is 40.2 Å². The Hall–Kier alpha value is -5.34. The van der Waals surface area contributed by atoms with Crippen molar-refractivity contribution in [1.29, 1.82) is 0 Å². The monoisotopic (exact) mass is 1030 g/mol. The molecule has 378 valence electrons. The number of nitrogens with two attached hydrogens (primary N) is 1. The number of carbonyl (C=O) groups is 3. The second-order valence-corrected chi connectivity index (χ2v) is 22.4. The lowest BCUT2D eigenvalue weighted by Crippen LogP contribution is -2.48. The topological polar surface area (TPSA) is 209 Å². The minimum atomic E-state index is -0.856. The third-order valence-corrected chi connectivity index (χ3v) is 16.8. The molecule has 0 aliphatic carbocycles. The molecule has 4 N–H and O–H groups in total. The molecule has 4 aliphatic rings. The molecule has 9 rings (SSSR count). The first-order valence-corrected chi connectivity index (χ1v) is 26.8. The number of benzene rings is 1. The highest BCUT2D eigenvalue weighted by Crippen LogP contribution is 2.39. The van der Waals surface area contributed by atoms with Crippen molar-refractivity contribution in [2.45, 2.75) is 126 Å². The van der Waals surface area contributed by atoms with Gasteiger partial charge in [0, 0.05) is 106 Å². The molecule has 20 heteroatoms. The summed E-state index contributed by atoms with van der Waals surface area (Å²) in [5.74, 6) is 1.30. The second kappa shape index (κ2) is 21.8. The van der Waals surface area contributed by atoms with Crippen LogP contribution in [-0.4, -0.2) is 127 Å². The number of aromatic nitrogens is 5. The van der Waals surface area contributed by atoms with Gasteiger partial charge in [0.2, 0.25) is 17.7 Å². The summed E-state index contributed by atoms with van der Waals surface area (Å²) in [6.45, 7) is 14.1. The summed E-state index contributed by atoms with van der Waals surface area (Å²) in [6.07, 6.45) is 9.03. The Bertz CT molecular complexity index is 2670. The van der Waals surface area contributed by atoms with E-state index in [-0.39, 0.29) is 60.7 Å². The number of piperidine rings is 3. The molecule has 71 heavy (non-hydrogen) atoms. The third-order valence-electron chi connectivity index (χ3n) is 14.4. The number of anilines is 2. The minimum absolute atomic E-state index is 0.0498. The summed E-state index contributed by atoms with van der Waals surface area (Å²) < 4.78 is 12.3. The number of aliphatic hydroxyl groups is 1. The number of nitrogens with zero attached hydrogens (tertiary/aromatic N) is 9. The fourth-order valence-electron chi connectivity index (χ4n) is 10.2. The predicted octanol–water partition coefficient (Wildman–Crippen LogP) is 7.03. The van der Waals surface area contributed by atoms with Crippen LogP contribution in [0, 0.1) is 25.7 Å². The molecule has 4 fully saturated rings. The first kappa shape index (κ1) is 50.6. The van der Waals surface area contributed by atoms with E-state index in [0.29, 0.717) is 79.9 Å².